The summed E-state index contributed by atoms with van der Waals surface area (Å²) in [4.78, 5) is 16.3. The van der Waals surface area contributed by atoms with Crippen molar-refractivity contribution in [2.75, 3.05) is 13.2 Å². The van der Waals surface area contributed by atoms with Crippen molar-refractivity contribution < 1.29 is 23.9 Å². The van der Waals surface area contributed by atoms with Crippen LogP contribution in [0.2, 0.25) is 0 Å². The maximum Gasteiger partial charge on any atom is 0.307 e. The van der Waals surface area contributed by atoms with Gasteiger partial charge >= 0.3 is 5.97 Å². The molecule has 1 heterocycles. The summed E-state index contributed by atoms with van der Waals surface area (Å²) in [5.41, 5.74) is 5.30. The van der Waals surface area contributed by atoms with Crippen LogP contribution in [0.4, 0.5) is 0 Å². The number of hydrogen-bond donors (Lipinski definition) is 2. The molecule has 6 nitrogen and oxygen atoms in total. The minimum absolute atomic E-state index is 0.0337. The number of rotatable bonds is 10. The highest BCUT2D eigenvalue weighted by atomic mass is 16.7. The SMILES string of the molecule is CC=C(NOCCOc1cccc(CC(=O)O)c1)c1ccc(-c2ccccc2)o1. The molecule has 2 N–H and O–H groups in total. The van der Waals surface area contributed by atoms with Gasteiger partial charge < -0.3 is 14.3 Å². The van der Waals surface area contributed by atoms with Crippen molar-refractivity contribution in [3.05, 3.63) is 84.1 Å². The zero-order valence-corrected chi connectivity index (χ0v) is 16.1. The Balaban J connectivity index is 1.46. The molecule has 0 radical (unpaired) electrons. The van der Waals surface area contributed by atoms with Crippen molar-refractivity contribution in [3.63, 3.8) is 0 Å². The summed E-state index contributed by atoms with van der Waals surface area (Å²) >= 11 is 0. The third kappa shape index (κ3) is 5.99. The van der Waals surface area contributed by atoms with Crippen molar-refractivity contribution in [1.29, 1.82) is 0 Å². The largest absolute Gasteiger partial charge is 0.491 e. The second-order valence-corrected chi connectivity index (χ2v) is 6.25. The summed E-state index contributed by atoms with van der Waals surface area (Å²) in [5.74, 6) is 1.19. The third-order valence-electron chi connectivity index (χ3n) is 4.11. The number of hydrogen-bond acceptors (Lipinski definition) is 5. The second-order valence-electron chi connectivity index (χ2n) is 6.25. The Hall–Kier alpha value is -3.51. The first-order valence-corrected chi connectivity index (χ1v) is 9.29. The molecule has 0 unspecified atom stereocenters. The van der Waals surface area contributed by atoms with Gasteiger partial charge in [-0.2, -0.15) is 0 Å². The Morgan fingerprint density at radius 2 is 1.90 bits per heavy atom. The molecule has 0 saturated carbocycles. The van der Waals surface area contributed by atoms with Crippen molar-refractivity contribution in [1.82, 2.24) is 5.48 Å². The number of ether oxygens (including phenoxy) is 1. The molecule has 6 heteroatoms. The van der Waals surface area contributed by atoms with Gasteiger partial charge in [-0.05, 0) is 36.8 Å². The molecule has 0 atom stereocenters. The van der Waals surface area contributed by atoms with Crippen LogP contribution in [0.5, 0.6) is 5.75 Å². The van der Waals surface area contributed by atoms with E-state index in [9.17, 15) is 4.79 Å². The second kappa shape index (κ2) is 10.1. The summed E-state index contributed by atoms with van der Waals surface area (Å²) in [6.07, 6.45) is 1.83. The first kappa shape index (κ1) is 20.2. The molecule has 1 aromatic heterocycles. The highest BCUT2D eigenvalue weighted by Crippen LogP contribution is 2.24. The molecule has 29 heavy (non-hydrogen) atoms. The van der Waals surface area contributed by atoms with Crippen LogP contribution in [0.1, 0.15) is 18.2 Å². The third-order valence-corrected chi connectivity index (χ3v) is 4.11. The van der Waals surface area contributed by atoms with E-state index in [0.717, 1.165) is 17.0 Å². The normalized spacial score (nSPS) is 11.3. The van der Waals surface area contributed by atoms with Gasteiger partial charge in [0.25, 0.3) is 0 Å². The molecule has 0 saturated heterocycles. The van der Waals surface area contributed by atoms with Crippen LogP contribution >= 0.6 is 0 Å². The van der Waals surface area contributed by atoms with E-state index in [1.54, 1.807) is 24.3 Å². The minimum Gasteiger partial charge on any atom is -0.491 e. The number of hydroxylamine groups is 1. The van der Waals surface area contributed by atoms with Crippen molar-refractivity contribution in [2.24, 2.45) is 0 Å². The highest BCUT2D eigenvalue weighted by Gasteiger charge is 2.09. The van der Waals surface area contributed by atoms with E-state index in [1.165, 1.54) is 0 Å². The Morgan fingerprint density at radius 1 is 1.07 bits per heavy atom. The Morgan fingerprint density at radius 3 is 2.66 bits per heavy atom. The van der Waals surface area contributed by atoms with Crippen LogP contribution in [-0.2, 0) is 16.1 Å². The Kier molecular flexibility index (Phi) is 7.08. The summed E-state index contributed by atoms with van der Waals surface area (Å²) in [7, 11) is 0. The number of benzene rings is 2. The van der Waals surface area contributed by atoms with Gasteiger partial charge in [-0.15, -0.1) is 0 Å². The van der Waals surface area contributed by atoms with E-state index < -0.39 is 5.97 Å². The predicted molar refractivity (Wildman–Crippen MR) is 110 cm³/mol. The number of carboxylic acid groups (broad SMARTS) is 1. The molecule has 0 bridgehead atoms. The zero-order chi connectivity index (χ0) is 20.5. The van der Waals surface area contributed by atoms with E-state index in [2.05, 4.69) is 5.48 Å². The molecule has 150 valence electrons. The number of nitrogens with one attached hydrogen (secondary N) is 1. The number of furan rings is 1. The summed E-state index contributed by atoms with van der Waals surface area (Å²) in [5, 5.41) is 8.86. The van der Waals surface area contributed by atoms with Gasteiger partial charge in [0, 0.05) is 5.56 Å². The lowest BCUT2D eigenvalue weighted by molar-refractivity contribution is -0.136. The quantitative estimate of drug-likeness (QED) is 0.389. The van der Waals surface area contributed by atoms with E-state index in [4.69, 9.17) is 19.1 Å². The van der Waals surface area contributed by atoms with E-state index in [1.807, 2.05) is 55.5 Å². The lowest BCUT2D eigenvalue weighted by Crippen LogP contribution is -2.17. The molecular formula is C23H23NO5. The van der Waals surface area contributed by atoms with Gasteiger partial charge in [0.1, 0.15) is 24.7 Å². The first-order valence-electron chi connectivity index (χ1n) is 9.29. The Bertz CT molecular complexity index is 962. The van der Waals surface area contributed by atoms with Crippen LogP contribution in [0.3, 0.4) is 0 Å². The lowest BCUT2D eigenvalue weighted by atomic mass is 10.1. The summed E-state index contributed by atoms with van der Waals surface area (Å²) in [6, 6.07) is 20.7. The molecule has 0 aliphatic carbocycles. The highest BCUT2D eigenvalue weighted by molar-refractivity contribution is 5.70. The van der Waals surface area contributed by atoms with Gasteiger partial charge in [0.2, 0.25) is 0 Å². The molecule has 0 fully saturated rings. The molecule has 0 aliphatic heterocycles. The van der Waals surface area contributed by atoms with Gasteiger partial charge in [-0.25, -0.2) is 0 Å². The minimum atomic E-state index is -0.873. The number of carbonyl (C=O) groups is 1. The van der Waals surface area contributed by atoms with Crippen LogP contribution in [0.15, 0.2) is 77.2 Å². The topological polar surface area (TPSA) is 80.9 Å². The molecule has 3 aromatic rings. The fourth-order valence-corrected chi connectivity index (χ4v) is 2.74. The van der Waals surface area contributed by atoms with Crippen LogP contribution in [0, 0.1) is 0 Å². The molecule has 0 aliphatic rings. The maximum atomic E-state index is 10.8. The average molecular weight is 393 g/mol. The van der Waals surface area contributed by atoms with E-state index in [0.29, 0.717) is 30.3 Å². The lowest BCUT2D eigenvalue weighted by Gasteiger charge is -2.10. The van der Waals surface area contributed by atoms with E-state index in [-0.39, 0.29) is 6.42 Å². The average Bonchev–Trinajstić information content (AvgIpc) is 3.21. The maximum absolute atomic E-state index is 10.8. The summed E-state index contributed by atoms with van der Waals surface area (Å²) < 4.78 is 11.5. The van der Waals surface area contributed by atoms with Gasteiger partial charge in [0.05, 0.1) is 12.1 Å². The van der Waals surface area contributed by atoms with Crippen molar-refractivity contribution >= 4 is 11.7 Å². The van der Waals surface area contributed by atoms with Crippen molar-refractivity contribution in [3.8, 4) is 17.1 Å². The van der Waals surface area contributed by atoms with Crippen molar-refractivity contribution in [2.45, 2.75) is 13.3 Å². The Labute approximate surface area is 169 Å². The van der Waals surface area contributed by atoms with Gasteiger partial charge in [-0.1, -0.05) is 48.5 Å². The predicted octanol–water partition coefficient (Wildman–Crippen LogP) is 4.53. The van der Waals surface area contributed by atoms with Gasteiger partial charge in [-0.3, -0.25) is 15.1 Å². The van der Waals surface area contributed by atoms with Gasteiger partial charge in [0.15, 0.2) is 5.76 Å². The van der Waals surface area contributed by atoms with Crippen LogP contribution in [0.25, 0.3) is 17.0 Å². The smallest absolute Gasteiger partial charge is 0.307 e. The van der Waals surface area contributed by atoms with E-state index >= 15 is 0 Å². The van der Waals surface area contributed by atoms with Crippen LogP contribution < -0.4 is 10.2 Å². The number of allylic oxidation sites excluding steroid dienone is 1. The first-order chi connectivity index (χ1) is 14.2. The van der Waals surface area contributed by atoms with Crippen LogP contribution in [-0.4, -0.2) is 24.3 Å². The monoisotopic (exact) mass is 393 g/mol. The molecule has 2 aromatic carbocycles. The fourth-order valence-electron chi connectivity index (χ4n) is 2.74. The molecule has 3 rings (SSSR count). The standard InChI is InChI=1S/C23H23NO5/c1-2-20(22-12-11-21(29-22)18-8-4-3-5-9-18)24-28-14-13-27-19-10-6-7-17(15-19)16-23(25)26/h2-12,15,24H,13-14,16H2,1H3,(H,25,26). The number of carboxylic acids is 1. The molecular weight excluding hydrogens is 370 g/mol. The fraction of sp³-hybridized carbons (Fsp3) is 0.174. The molecule has 0 spiro atoms. The molecule has 0 amide bonds. The summed E-state index contributed by atoms with van der Waals surface area (Å²) in [6.45, 7) is 2.50. The zero-order valence-electron chi connectivity index (χ0n) is 16.1. The number of aliphatic carboxylic acids is 1.